The van der Waals surface area contributed by atoms with E-state index in [0.717, 1.165) is 0 Å². The van der Waals surface area contributed by atoms with Crippen molar-refractivity contribution in [1.29, 1.82) is 0 Å². The van der Waals surface area contributed by atoms with E-state index in [0.29, 0.717) is 5.69 Å². The predicted molar refractivity (Wildman–Crippen MR) is 66.2 cm³/mol. The second-order valence-electron chi connectivity index (χ2n) is 3.95. The van der Waals surface area contributed by atoms with Crippen molar-refractivity contribution >= 4 is 10.0 Å². The van der Waals surface area contributed by atoms with Crippen molar-refractivity contribution in [2.45, 2.75) is 17.9 Å². The maximum absolute atomic E-state index is 12.0. The first-order chi connectivity index (χ1) is 8.49. The highest BCUT2D eigenvalue weighted by Crippen LogP contribution is 2.14. The van der Waals surface area contributed by atoms with E-state index in [1.54, 1.807) is 32.3 Å². The van der Waals surface area contributed by atoms with Gasteiger partial charge < -0.3 is 0 Å². The number of sulfonamides is 1. The second-order valence-corrected chi connectivity index (χ2v) is 5.66. The first-order valence-electron chi connectivity index (χ1n) is 5.41. The smallest absolute Gasteiger partial charge is 0.244 e. The standard InChI is InChI=1S/C11H14N4O2S/c1-9(11-5-3-4-6-12-11)14-18(16,17)10-7-13-15(2)8-10/h3-9,14H,1-2H3/t9-/m1/s1. The van der Waals surface area contributed by atoms with Crippen LogP contribution in [0.15, 0.2) is 41.7 Å². The second kappa shape index (κ2) is 4.87. The van der Waals surface area contributed by atoms with Crippen molar-refractivity contribution in [2.75, 3.05) is 0 Å². The molecule has 2 heterocycles. The van der Waals surface area contributed by atoms with Crippen LogP contribution in [0.4, 0.5) is 0 Å². The number of hydrogen-bond acceptors (Lipinski definition) is 4. The van der Waals surface area contributed by atoms with Gasteiger partial charge in [0, 0.05) is 19.4 Å². The van der Waals surface area contributed by atoms with Gasteiger partial charge in [-0.25, -0.2) is 13.1 Å². The van der Waals surface area contributed by atoms with Crippen molar-refractivity contribution in [2.24, 2.45) is 7.05 Å². The topological polar surface area (TPSA) is 76.9 Å². The van der Waals surface area contributed by atoms with E-state index in [9.17, 15) is 8.42 Å². The van der Waals surface area contributed by atoms with E-state index >= 15 is 0 Å². The van der Waals surface area contributed by atoms with Crippen LogP contribution in [0.25, 0.3) is 0 Å². The molecule has 0 aliphatic carbocycles. The number of nitrogens with one attached hydrogen (secondary N) is 1. The summed E-state index contributed by atoms with van der Waals surface area (Å²) in [5, 5.41) is 3.84. The van der Waals surface area contributed by atoms with Crippen LogP contribution in [-0.2, 0) is 17.1 Å². The van der Waals surface area contributed by atoms with Crippen LogP contribution in [-0.4, -0.2) is 23.2 Å². The zero-order chi connectivity index (χ0) is 13.2. The van der Waals surface area contributed by atoms with Gasteiger partial charge in [0.2, 0.25) is 10.0 Å². The van der Waals surface area contributed by atoms with E-state index in [1.165, 1.54) is 17.1 Å². The third-order valence-electron chi connectivity index (χ3n) is 2.45. The molecular formula is C11H14N4O2S. The van der Waals surface area contributed by atoms with Gasteiger partial charge in [-0.05, 0) is 19.1 Å². The summed E-state index contributed by atoms with van der Waals surface area (Å²) in [7, 11) is -1.89. The minimum atomic E-state index is -3.56. The summed E-state index contributed by atoms with van der Waals surface area (Å²) in [4.78, 5) is 4.26. The predicted octanol–water partition coefficient (Wildman–Crippen LogP) is 0.855. The highest BCUT2D eigenvalue weighted by molar-refractivity contribution is 7.89. The minimum absolute atomic E-state index is 0.146. The molecule has 0 saturated carbocycles. The molecule has 6 nitrogen and oxygen atoms in total. The summed E-state index contributed by atoms with van der Waals surface area (Å²) in [6.07, 6.45) is 4.39. The molecule has 7 heteroatoms. The fraction of sp³-hybridized carbons (Fsp3) is 0.273. The molecule has 0 unspecified atom stereocenters. The highest BCUT2D eigenvalue weighted by atomic mass is 32.2. The largest absolute Gasteiger partial charge is 0.274 e. The zero-order valence-corrected chi connectivity index (χ0v) is 10.9. The molecule has 0 spiro atoms. The Morgan fingerprint density at radius 3 is 2.72 bits per heavy atom. The maximum atomic E-state index is 12.0. The van der Waals surface area contributed by atoms with Gasteiger partial charge in [0.15, 0.2) is 0 Å². The van der Waals surface area contributed by atoms with Crippen LogP contribution in [0.2, 0.25) is 0 Å². The Morgan fingerprint density at radius 1 is 1.39 bits per heavy atom. The van der Waals surface area contributed by atoms with E-state index in [1.807, 2.05) is 6.07 Å². The SMILES string of the molecule is C[C@@H](NS(=O)(=O)c1cnn(C)c1)c1ccccn1. The number of aromatic nitrogens is 3. The summed E-state index contributed by atoms with van der Waals surface area (Å²) in [5.41, 5.74) is 0.671. The normalized spacial score (nSPS) is 13.4. The van der Waals surface area contributed by atoms with Gasteiger partial charge in [0.1, 0.15) is 4.90 Å². The molecule has 0 aromatic carbocycles. The minimum Gasteiger partial charge on any atom is -0.274 e. The molecular weight excluding hydrogens is 252 g/mol. The number of nitrogens with zero attached hydrogens (tertiary/aromatic N) is 3. The molecule has 0 radical (unpaired) electrons. The van der Waals surface area contributed by atoms with Gasteiger partial charge in [0.25, 0.3) is 0 Å². The molecule has 2 aromatic rings. The summed E-state index contributed by atoms with van der Waals surface area (Å²) in [6, 6.07) is 4.98. The Bertz CT molecular complexity index is 622. The lowest BCUT2D eigenvalue weighted by Gasteiger charge is -2.12. The molecule has 0 bridgehead atoms. The fourth-order valence-corrected chi connectivity index (χ4v) is 2.73. The average Bonchev–Trinajstić information content (AvgIpc) is 2.77. The summed E-state index contributed by atoms with van der Waals surface area (Å²) >= 11 is 0. The molecule has 0 amide bonds. The van der Waals surface area contributed by atoms with E-state index in [2.05, 4.69) is 14.8 Å². The number of aryl methyl sites for hydroxylation is 1. The van der Waals surface area contributed by atoms with Crippen molar-refractivity contribution in [3.8, 4) is 0 Å². The third kappa shape index (κ3) is 2.74. The Labute approximate surface area is 106 Å². The van der Waals surface area contributed by atoms with Gasteiger partial charge in [-0.1, -0.05) is 6.07 Å². The van der Waals surface area contributed by atoms with Crippen LogP contribution in [0.3, 0.4) is 0 Å². The third-order valence-corrected chi connectivity index (χ3v) is 3.95. The van der Waals surface area contributed by atoms with Crippen LogP contribution >= 0.6 is 0 Å². The monoisotopic (exact) mass is 266 g/mol. The van der Waals surface area contributed by atoms with Crippen LogP contribution < -0.4 is 4.72 Å². The summed E-state index contributed by atoms with van der Waals surface area (Å²) in [6.45, 7) is 1.75. The first-order valence-corrected chi connectivity index (χ1v) is 6.89. The summed E-state index contributed by atoms with van der Waals surface area (Å²) < 4.78 is 28.1. The van der Waals surface area contributed by atoms with Gasteiger partial charge >= 0.3 is 0 Å². The molecule has 2 aromatic heterocycles. The molecule has 0 aliphatic heterocycles. The van der Waals surface area contributed by atoms with Crippen molar-refractivity contribution < 1.29 is 8.42 Å². The Kier molecular flexibility index (Phi) is 3.44. The van der Waals surface area contributed by atoms with Crippen LogP contribution in [0, 0.1) is 0 Å². The molecule has 1 N–H and O–H groups in total. The van der Waals surface area contributed by atoms with Gasteiger partial charge in [-0.2, -0.15) is 5.10 Å². The number of hydrogen-bond donors (Lipinski definition) is 1. The van der Waals surface area contributed by atoms with E-state index in [4.69, 9.17) is 0 Å². The van der Waals surface area contributed by atoms with Crippen molar-refractivity contribution in [3.05, 3.63) is 42.5 Å². The first kappa shape index (κ1) is 12.7. The molecule has 0 saturated heterocycles. The summed E-state index contributed by atoms with van der Waals surface area (Å²) in [5.74, 6) is 0. The number of pyridine rings is 1. The van der Waals surface area contributed by atoms with Gasteiger partial charge in [-0.15, -0.1) is 0 Å². The zero-order valence-electron chi connectivity index (χ0n) is 10.1. The lowest BCUT2D eigenvalue weighted by molar-refractivity contribution is 0.564. The van der Waals surface area contributed by atoms with E-state index < -0.39 is 16.1 Å². The average molecular weight is 266 g/mol. The maximum Gasteiger partial charge on any atom is 0.244 e. The Morgan fingerprint density at radius 2 is 2.17 bits per heavy atom. The van der Waals surface area contributed by atoms with E-state index in [-0.39, 0.29) is 4.90 Å². The Balaban J connectivity index is 2.19. The molecule has 0 aliphatic rings. The van der Waals surface area contributed by atoms with Crippen LogP contribution in [0.5, 0.6) is 0 Å². The molecule has 2 rings (SSSR count). The lowest BCUT2D eigenvalue weighted by Crippen LogP contribution is -2.27. The van der Waals surface area contributed by atoms with Crippen LogP contribution in [0.1, 0.15) is 18.7 Å². The van der Waals surface area contributed by atoms with Gasteiger partial charge in [-0.3, -0.25) is 9.67 Å². The van der Waals surface area contributed by atoms with Crippen molar-refractivity contribution in [1.82, 2.24) is 19.5 Å². The molecule has 0 fully saturated rings. The Hall–Kier alpha value is -1.73. The molecule has 1 atom stereocenters. The highest BCUT2D eigenvalue weighted by Gasteiger charge is 2.20. The fourth-order valence-electron chi connectivity index (χ4n) is 1.53. The quantitative estimate of drug-likeness (QED) is 0.890. The molecule has 18 heavy (non-hydrogen) atoms. The van der Waals surface area contributed by atoms with Gasteiger partial charge in [0.05, 0.1) is 17.9 Å². The van der Waals surface area contributed by atoms with Crippen molar-refractivity contribution in [3.63, 3.8) is 0 Å². The number of rotatable bonds is 4. The lowest BCUT2D eigenvalue weighted by atomic mass is 10.2. The molecule has 96 valence electrons.